The zero-order valence-corrected chi connectivity index (χ0v) is 14.9. The maximum atomic E-state index is 12.3. The molecule has 3 rings (SSSR count). The lowest BCUT2D eigenvalue weighted by Gasteiger charge is -2.12. The first-order valence-corrected chi connectivity index (χ1v) is 8.81. The molecule has 1 fully saturated rings. The van der Waals surface area contributed by atoms with Crippen LogP contribution >= 0.6 is 11.6 Å². The average Bonchev–Trinajstić information content (AvgIpc) is 3.15. The number of anilines is 2. The normalized spacial score (nSPS) is 16.1. The molecule has 1 atom stereocenters. The number of ether oxygens (including phenoxy) is 1. The number of amides is 3. The second-order valence-corrected chi connectivity index (χ2v) is 6.45. The van der Waals surface area contributed by atoms with Gasteiger partial charge in [-0.25, -0.2) is 4.79 Å². The Kier molecular flexibility index (Phi) is 6.09. The van der Waals surface area contributed by atoms with Crippen molar-refractivity contribution in [3.63, 3.8) is 0 Å². The van der Waals surface area contributed by atoms with Gasteiger partial charge in [0.05, 0.1) is 6.10 Å². The van der Waals surface area contributed by atoms with Crippen molar-refractivity contribution in [3.8, 4) is 0 Å². The van der Waals surface area contributed by atoms with Gasteiger partial charge < -0.3 is 20.7 Å². The molecular weight excluding hydrogens is 354 g/mol. The number of carbonyl (C=O) groups is 2. The van der Waals surface area contributed by atoms with E-state index in [2.05, 4.69) is 16.0 Å². The SMILES string of the molecule is O=C(Nc1ccc(Cl)cc1)Nc1cccc(C(=O)NC[C@H]2CCCO2)c1. The van der Waals surface area contributed by atoms with Gasteiger partial charge >= 0.3 is 6.03 Å². The zero-order chi connectivity index (χ0) is 18.4. The van der Waals surface area contributed by atoms with Crippen LogP contribution in [0.5, 0.6) is 0 Å². The van der Waals surface area contributed by atoms with E-state index in [1.54, 1.807) is 48.5 Å². The van der Waals surface area contributed by atoms with E-state index in [1.807, 2.05) is 0 Å². The molecule has 136 valence electrons. The van der Waals surface area contributed by atoms with E-state index in [1.165, 1.54) is 0 Å². The van der Waals surface area contributed by atoms with Crippen LogP contribution in [0.1, 0.15) is 23.2 Å². The number of hydrogen-bond donors (Lipinski definition) is 3. The molecule has 0 unspecified atom stereocenters. The van der Waals surface area contributed by atoms with Crippen LogP contribution in [0.3, 0.4) is 0 Å². The number of benzene rings is 2. The van der Waals surface area contributed by atoms with Crippen LogP contribution in [0.2, 0.25) is 5.02 Å². The summed E-state index contributed by atoms with van der Waals surface area (Å²) >= 11 is 5.82. The molecule has 0 saturated carbocycles. The third kappa shape index (κ3) is 5.21. The lowest BCUT2D eigenvalue weighted by Crippen LogP contribution is -2.31. The molecule has 7 heteroatoms. The van der Waals surface area contributed by atoms with Gasteiger partial charge in [-0.2, -0.15) is 0 Å². The molecular formula is C19H20ClN3O3. The number of rotatable bonds is 5. The molecule has 1 saturated heterocycles. The Morgan fingerprint density at radius 3 is 2.58 bits per heavy atom. The van der Waals surface area contributed by atoms with E-state index < -0.39 is 6.03 Å². The molecule has 1 heterocycles. The molecule has 3 N–H and O–H groups in total. The van der Waals surface area contributed by atoms with Crippen molar-refractivity contribution >= 4 is 34.9 Å². The van der Waals surface area contributed by atoms with E-state index in [0.29, 0.717) is 28.5 Å². The largest absolute Gasteiger partial charge is 0.376 e. The molecule has 0 bridgehead atoms. The summed E-state index contributed by atoms with van der Waals surface area (Å²) in [5, 5.41) is 8.87. The second-order valence-electron chi connectivity index (χ2n) is 6.01. The van der Waals surface area contributed by atoms with E-state index in [0.717, 1.165) is 19.4 Å². The molecule has 0 spiro atoms. The van der Waals surface area contributed by atoms with Crippen molar-refractivity contribution in [2.24, 2.45) is 0 Å². The Morgan fingerprint density at radius 1 is 1.08 bits per heavy atom. The summed E-state index contributed by atoms with van der Waals surface area (Å²) in [6.07, 6.45) is 2.08. The highest BCUT2D eigenvalue weighted by Gasteiger charge is 2.16. The molecule has 1 aliphatic heterocycles. The number of nitrogens with one attached hydrogen (secondary N) is 3. The maximum Gasteiger partial charge on any atom is 0.323 e. The highest BCUT2D eigenvalue weighted by molar-refractivity contribution is 6.30. The Hall–Kier alpha value is -2.57. The maximum absolute atomic E-state index is 12.3. The molecule has 1 aliphatic rings. The molecule has 3 amide bonds. The van der Waals surface area contributed by atoms with E-state index in [4.69, 9.17) is 16.3 Å². The topological polar surface area (TPSA) is 79.5 Å². The standard InChI is InChI=1S/C19H20ClN3O3/c20-14-6-8-15(9-7-14)22-19(25)23-16-4-1-3-13(11-16)18(24)21-12-17-5-2-10-26-17/h1,3-4,6-9,11,17H,2,5,10,12H2,(H,21,24)(H2,22,23,25)/t17-/m1/s1. The molecule has 6 nitrogen and oxygen atoms in total. The minimum absolute atomic E-state index is 0.0883. The summed E-state index contributed by atoms with van der Waals surface area (Å²) in [4.78, 5) is 24.3. The van der Waals surface area contributed by atoms with Crippen LogP contribution in [0.25, 0.3) is 0 Å². The number of carbonyl (C=O) groups excluding carboxylic acids is 2. The van der Waals surface area contributed by atoms with Gasteiger partial charge in [-0.15, -0.1) is 0 Å². The molecule has 2 aromatic rings. The number of halogens is 1. The van der Waals surface area contributed by atoms with E-state index in [-0.39, 0.29) is 12.0 Å². The van der Waals surface area contributed by atoms with E-state index >= 15 is 0 Å². The van der Waals surface area contributed by atoms with Crippen molar-refractivity contribution in [2.75, 3.05) is 23.8 Å². The van der Waals surface area contributed by atoms with Crippen LogP contribution in [0.15, 0.2) is 48.5 Å². The van der Waals surface area contributed by atoms with Crippen LogP contribution in [0.4, 0.5) is 16.2 Å². The van der Waals surface area contributed by atoms with Crippen molar-refractivity contribution in [1.29, 1.82) is 0 Å². The lowest BCUT2D eigenvalue weighted by atomic mass is 10.1. The Balaban J connectivity index is 1.55. The van der Waals surface area contributed by atoms with Gasteiger partial charge in [0, 0.05) is 35.1 Å². The van der Waals surface area contributed by atoms with Crippen LogP contribution < -0.4 is 16.0 Å². The quantitative estimate of drug-likeness (QED) is 0.743. The Bertz CT molecular complexity index is 774. The van der Waals surface area contributed by atoms with Gasteiger partial charge in [0.2, 0.25) is 0 Å². The van der Waals surface area contributed by atoms with Crippen LogP contribution in [-0.2, 0) is 4.74 Å². The third-order valence-corrected chi connectivity index (χ3v) is 4.25. The summed E-state index contributed by atoms with van der Waals surface area (Å²) in [5.41, 5.74) is 1.63. The monoisotopic (exact) mass is 373 g/mol. The zero-order valence-electron chi connectivity index (χ0n) is 14.1. The minimum atomic E-state index is -0.399. The van der Waals surface area contributed by atoms with Crippen molar-refractivity contribution in [1.82, 2.24) is 5.32 Å². The fourth-order valence-electron chi connectivity index (χ4n) is 2.68. The number of hydrogen-bond acceptors (Lipinski definition) is 3. The van der Waals surface area contributed by atoms with Crippen molar-refractivity contribution in [3.05, 3.63) is 59.1 Å². The highest BCUT2D eigenvalue weighted by Crippen LogP contribution is 2.15. The average molecular weight is 374 g/mol. The minimum Gasteiger partial charge on any atom is -0.376 e. The van der Waals surface area contributed by atoms with Crippen molar-refractivity contribution < 1.29 is 14.3 Å². The summed E-state index contributed by atoms with van der Waals surface area (Å²) in [6, 6.07) is 13.2. The summed E-state index contributed by atoms with van der Waals surface area (Å²) in [5.74, 6) is -0.192. The predicted octanol–water partition coefficient (Wildman–Crippen LogP) is 3.89. The molecule has 26 heavy (non-hydrogen) atoms. The van der Waals surface area contributed by atoms with Crippen molar-refractivity contribution in [2.45, 2.75) is 18.9 Å². The van der Waals surface area contributed by atoms with Gasteiger partial charge in [0.15, 0.2) is 0 Å². The first-order chi connectivity index (χ1) is 12.6. The number of urea groups is 1. The second kappa shape index (κ2) is 8.69. The summed E-state index contributed by atoms with van der Waals surface area (Å²) in [7, 11) is 0. The molecule has 0 radical (unpaired) electrons. The summed E-state index contributed by atoms with van der Waals surface area (Å²) < 4.78 is 5.49. The first kappa shape index (κ1) is 18.2. The van der Waals surface area contributed by atoms with Gasteiger partial charge in [-0.3, -0.25) is 4.79 Å². The van der Waals surface area contributed by atoms with Gasteiger partial charge in [-0.1, -0.05) is 17.7 Å². The fraction of sp³-hybridized carbons (Fsp3) is 0.263. The van der Waals surface area contributed by atoms with Gasteiger partial charge in [-0.05, 0) is 55.3 Å². The van der Waals surface area contributed by atoms with Gasteiger partial charge in [0.1, 0.15) is 0 Å². The van der Waals surface area contributed by atoms with Crippen LogP contribution in [0, 0.1) is 0 Å². The highest BCUT2D eigenvalue weighted by atomic mass is 35.5. The first-order valence-electron chi connectivity index (χ1n) is 8.43. The lowest BCUT2D eigenvalue weighted by molar-refractivity contribution is 0.0858. The third-order valence-electron chi connectivity index (χ3n) is 4.00. The van der Waals surface area contributed by atoms with Gasteiger partial charge in [0.25, 0.3) is 5.91 Å². The predicted molar refractivity (Wildman–Crippen MR) is 102 cm³/mol. The van der Waals surface area contributed by atoms with E-state index in [9.17, 15) is 9.59 Å². The fourth-order valence-corrected chi connectivity index (χ4v) is 2.80. The van der Waals surface area contributed by atoms with Crippen LogP contribution in [-0.4, -0.2) is 31.2 Å². The molecule has 2 aromatic carbocycles. The molecule has 0 aliphatic carbocycles. The summed E-state index contributed by atoms with van der Waals surface area (Å²) in [6.45, 7) is 1.25. The smallest absolute Gasteiger partial charge is 0.323 e. The Labute approximate surface area is 156 Å². The molecule has 0 aromatic heterocycles. The Morgan fingerprint density at radius 2 is 1.85 bits per heavy atom.